The molecule has 0 spiro atoms. The highest BCUT2D eigenvalue weighted by atomic mass is 32.2. The molecule has 2 fully saturated rings. The van der Waals surface area contributed by atoms with Crippen molar-refractivity contribution in [2.24, 2.45) is 5.92 Å². The van der Waals surface area contributed by atoms with Crippen molar-refractivity contribution >= 4 is 32.7 Å². The Balaban J connectivity index is 1.63. The van der Waals surface area contributed by atoms with E-state index in [0.29, 0.717) is 18.5 Å². The van der Waals surface area contributed by atoms with E-state index < -0.39 is 10.0 Å². The van der Waals surface area contributed by atoms with Crippen molar-refractivity contribution in [1.29, 1.82) is 0 Å². The number of rotatable bonds is 2. The summed E-state index contributed by atoms with van der Waals surface area (Å²) in [5.41, 5.74) is 0.434. The van der Waals surface area contributed by atoms with Gasteiger partial charge in [0, 0.05) is 50.7 Å². The Morgan fingerprint density at radius 2 is 1.90 bits per heavy atom. The topological polar surface area (TPSA) is 99.7 Å². The van der Waals surface area contributed by atoms with E-state index in [1.165, 1.54) is 11.2 Å². The van der Waals surface area contributed by atoms with Crippen molar-refractivity contribution in [2.75, 3.05) is 26.2 Å². The van der Waals surface area contributed by atoms with Gasteiger partial charge in [-0.25, -0.2) is 8.42 Å². The maximum Gasteiger partial charge on any atom is 0.245 e. The number of fused-ring (bicyclic) bond motifs is 2. The Morgan fingerprint density at radius 1 is 1.10 bits per heavy atom. The predicted molar refractivity (Wildman–Crippen MR) is 117 cm³/mol. The fourth-order valence-corrected chi connectivity index (χ4v) is 6.45. The SMILES string of the molecule is CC(=O)N1CCCN(S(=O)(=O)c2cccc3cccnc23)CCNC(=O)[C@@H]2CCC[C@@H]21. The van der Waals surface area contributed by atoms with Crippen molar-refractivity contribution in [3.63, 3.8) is 0 Å². The predicted octanol–water partition coefficient (Wildman–Crippen LogP) is 1.76. The van der Waals surface area contributed by atoms with E-state index in [-0.39, 0.29) is 48.3 Å². The van der Waals surface area contributed by atoms with Crippen LogP contribution in [0.25, 0.3) is 10.9 Å². The number of para-hydroxylation sites is 1. The summed E-state index contributed by atoms with van der Waals surface area (Å²) in [4.78, 5) is 31.3. The average molecular weight is 445 g/mol. The van der Waals surface area contributed by atoms with Crippen molar-refractivity contribution in [1.82, 2.24) is 19.5 Å². The molecule has 2 atom stereocenters. The van der Waals surface area contributed by atoms with E-state index in [1.54, 1.807) is 29.3 Å². The largest absolute Gasteiger partial charge is 0.354 e. The molecular formula is C22H28N4O4S. The molecule has 0 radical (unpaired) electrons. The second kappa shape index (κ2) is 8.92. The van der Waals surface area contributed by atoms with Crippen molar-refractivity contribution in [2.45, 2.75) is 43.5 Å². The molecule has 166 valence electrons. The first kappa shape index (κ1) is 21.7. The summed E-state index contributed by atoms with van der Waals surface area (Å²) in [5, 5.41) is 3.66. The average Bonchev–Trinajstić information content (AvgIpc) is 3.22. The fraction of sp³-hybridized carbons (Fsp3) is 0.500. The van der Waals surface area contributed by atoms with Crippen LogP contribution in [-0.4, -0.2) is 66.6 Å². The third-order valence-corrected chi connectivity index (χ3v) is 8.23. The monoisotopic (exact) mass is 444 g/mol. The van der Waals surface area contributed by atoms with Crippen LogP contribution in [0, 0.1) is 5.92 Å². The molecule has 1 aliphatic heterocycles. The van der Waals surface area contributed by atoms with Crippen molar-refractivity contribution in [3.8, 4) is 0 Å². The molecule has 1 aliphatic carbocycles. The Bertz CT molecular complexity index is 1080. The van der Waals surface area contributed by atoms with E-state index in [2.05, 4.69) is 10.3 Å². The highest BCUT2D eigenvalue weighted by molar-refractivity contribution is 7.89. The van der Waals surface area contributed by atoms with Gasteiger partial charge in [-0.3, -0.25) is 14.6 Å². The summed E-state index contributed by atoms with van der Waals surface area (Å²) in [6.07, 6.45) is 4.57. The molecule has 2 amide bonds. The van der Waals surface area contributed by atoms with Gasteiger partial charge in [-0.15, -0.1) is 0 Å². The lowest BCUT2D eigenvalue weighted by atomic mass is 10.0. The number of hydrogen-bond donors (Lipinski definition) is 1. The van der Waals surface area contributed by atoms with E-state index >= 15 is 0 Å². The quantitative estimate of drug-likeness (QED) is 0.761. The van der Waals surface area contributed by atoms with Crippen LogP contribution in [0.4, 0.5) is 0 Å². The smallest absolute Gasteiger partial charge is 0.245 e. The van der Waals surface area contributed by atoms with E-state index in [4.69, 9.17) is 0 Å². The van der Waals surface area contributed by atoms with Crippen LogP contribution in [0.3, 0.4) is 0 Å². The normalized spacial score (nSPS) is 23.8. The van der Waals surface area contributed by atoms with E-state index in [0.717, 1.165) is 24.6 Å². The van der Waals surface area contributed by atoms with Crippen molar-refractivity contribution in [3.05, 3.63) is 36.5 Å². The highest BCUT2D eigenvalue weighted by Gasteiger charge is 2.38. The van der Waals surface area contributed by atoms with Crippen LogP contribution in [0.15, 0.2) is 41.4 Å². The second-order valence-corrected chi connectivity index (χ2v) is 10.1. The first-order valence-corrected chi connectivity index (χ1v) is 12.2. The number of nitrogens with zero attached hydrogens (tertiary/aromatic N) is 3. The third kappa shape index (κ3) is 4.29. The Hall–Kier alpha value is -2.52. The lowest BCUT2D eigenvalue weighted by Gasteiger charge is -2.31. The number of sulfonamides is 1. The molecule has 1 saturated carbocycles. The van der Waals surface area contributed by atoms with Crippen LogP contribution < -0.4 is 5.32 Å². The molecular weight excluding hydrogens is 416 g/mol. The third-order valence-electron chi connectivity index (χ3n) is 6.30. The molecule has 1 saturated heterocycles. The highest BCUT2D eigenvalue weighted by Crippen LogP contribution is 2.31. The Labute approximate surface area is 182 Å². The van der Waals surface area contributed by atoms with Gasteiger partial charge in [0.15, 0.2) is 0 Å². The maximum absolute atomic E-state index is 13.5. The molecule has 0 bridgehead atoms. The van der Waals surface area contributed by atoms with Gasteiger partial charge in [0.1, 0.15) is 4.90 Å². The molecule has 2 heterocycles. The van der Waals surface area contributed by atoms with Gasteiger partial charge in [-0.2, -0.15) is 4.31 Å². The van der Waals surface area contributed by atoms with Crippen LogP contribution in [0.5, 0.6) is 0 Å². The van der Waals surface area contributed by atoms with Crippen LogP contribution in [-0.2, 0) is 19.6 Å². The molecule has 0 unspecified atom stereocenters. The van der Waals surface area contributed by atoms with Crippen molar-refractivity contribution < 1.29 is 18.0 Å². The zero-order valence-corrected chi connectivity index (χ0v) is 18.5. The number of pyridine rings is 1. The lowest BCUT2D eigenvalue weighted by molar-refractivity contribution is -0.134. The zero-order chi connectivity index (χ0) is 22.0. The first-order valence-electron chi connectivity index (χ1n) is 10.8. The molecule has 1 N–H and O–H groups in total. The molecule has 1 aromatic heterocycles. The minimum Gasteiger partial charge on any atom is -0.354 e. The summed E-state index contributed by atoms with van der Waals surface area (Å²) >= 11 is 0. The van der Waals surface area contributed by atoms with Gasteiger partial charge in [-0.05, 0) is 31.4 Å². The number of carbonyl (C=O) groups is 2. The summed E-state index contributed by atoms with van der Waals surface area (Å²) in [6.45, 7) is 2.63. The molecule has 1 aromatic carbocycles. The van der Waals surface area contributed by atoms with Gasteiger partial charge < -0.3 is 10.2 Å². The van der Waals surface area contributed by atoms with Crippen LogP contribution >= 0.6 is 0 Å². The van der Waals surface area contributed by atoms with Gasteiger partial charge in [0.25, 0.3) is 0 Å². The number of carbonyl (C=O) groups excluding carboxylic acids is 2. The fourth-order valence-electron chi connectivity index (χ4n) is 4.80. The Kier molecular flexibility index (Phi) is 6.24. The summed E-state index contributed by atoms with van der Waals surface area (Å²) < 4.78 is 28.5. The van der Waals surface area contributed by atoms with Crippen LogP contribution in [0.1, 0.15) is 32.6 Å². The second-order valence-electron chi connectivity index (χ2n) is 8.20. The molecule has 31 heavy (non-hydrogen) atoms. The molecule has 8 nitrogen and oxygen atoms in total. The molecule has 4 rings (SSSR count). The van der Waals surface area contributed by atoms with E-state index in [9.17, 15) is 18.0 Å². The molecule has 2 aliphatic rings. The van der Waals surface area contributed by atoms with Gasteiger partial charge in [0.05, 0.1) is 11.4 Å². The number of aromatic nitrogens is 1. The van der Waals surface area contributed by atoms with E-state index in [1.807, 2.05) is 12.1 Å². The first-order chi connectivity index (χ1) is 14.9. The van der Waals surface area contributed by atoms with Crippen LogP contribution in [0.2, 0.25) is 0 Å². The number of hydrogen-bond acceptors (Lipinski definition) is 5. The Morgan fingerprint density at radius 3 is 2.71 bits per heavy atom. The standard InChI is InChI=1S/C22H28N4O4S/c1-16(27)26-14-5-13-25(15-12-24-22(28)18-8-3-9-19(18)26)31(29,30)20-10-2-6-17-7-4-11-23-21(17)20/h2,4,6-7,10-11,18-19H,3,5,8-9,12-15H2,1H3,(H,24,28)/t18-,19+/m1/s1. The van der Waals surface area contributed by atoms with Gasteiger partial charge in [0.2, 0.25) is 21.8 Å². The molecule has 2 aromatic rings. The summed E-state index contributed by atoms with van der Waals surface area (Å²) in [6, 6.07) is 8.61. The minimum absolute atomic E-state index is 0.0726. The zero-order valence-electron chi connectivity index (χ0n) is 17.7. The van der Waals surface area contributed by atoms with Gasteiger partial charge in [-0.1, -0.05) is 24.6 Å². The number of benzene rings is 1. The summed E-state index contributed by atoms with van der Waals surface area (Å²) in [7, 11) is -3.83. The van der Waals surface area contributed by atoms with Gasteiger partial charge >= 0.3 is 0 Å². The lowest BCUT2D eigenvalue weighted by Crippen LogP contribution is -2.46. The maximum atomic E-state index is 13.5. The molecule has 9 heteroatoms. The number of nitrogens with one attached hydrogen (secondary N) is 1. The minimum atomic E-state index is -3.83. The number of amides is 2. The summed E-state index contributed by atoms with van der Waals surface area (Å²) in [5.74, 6) is -0.397.